The number of rotatable bonds is 10. The zero-order valence-corrected chi connectivity index (χ0v) is 19.6. The van der Waals surface area contributed by atoms with Gasteiger partial charge in [-0.2, -0.15) is 0 Å². The van der Waals surface area contributed by atoms with E-state index in [-0.39, 0.29) is 17.7 Å². The van der Waals surface area contributed by atoms with Gasteiger partial charge in [-0.3, -0.25) is 4.79 Å². The molecule has 0 saturated carbocycles. The number of ketones is 1. The number of carbonyl (C=O) groups excluding carboxylic acids is 1. The molecule has 1 saturated heterocycles. The molecule has 3 rings (SSSR count). The molecule has 2 unspecified atom stereocenters. The van der Waals surface area contributed by atoms with Crippen LogP contribution < -0.4 is 5.32 Å². The van der Waals surface area contributed by atoms with Crippen molar-refractivity contribution < 1.29 is 9.53 Å². The molecule has 0 radical (unpaired) electrons. The second-order valence-corrected chi connectivity index (χ2v) is 8.62. The van der Waals surface area contributed by atoms with E-state index < -0.39 is 0 Å². The van der Waals surface area contributed by atoms with E-state index in [1.54, 1.807) is 12.2 Å². The molecule has 0 aromatic heterocycles. The van der Waals surface area contributed by atoms with Crippen molar-refractivity contribution in [2.24, 2.45) is 5.92 Å². The first kappa shape index (κ1) is 24.5. The quantitative estimate of drug-likeness (QED) is 0.320. The van der Waals surface area contributed by atoms with Gasteiger partial charge in [-0.05, 0) is 30.4 Å². The third-order valence-electron chi connectivity index (χ3n) is 5.76. The largest absolute Gasteiger partial charge is 0.381 e. The highest BCUT2D eigenvalue weighted by Crippen LogP contribution is 2.33. The summed E-state index contributed by atoms with van der Waals surface area (Å²) in [6, 6.07) is 19.4. The minimum Gasteiger partial charge on any atom is -0.381 e. The normalized spacial score (nSPS) is 17.6. The van der Waals surface area contributed by atoms with Gasteiger partial charge in [0.15, 0.2) is 5.78 Å². The van der Waals surface area contributed by atoms with Crippen LogP contribution in [0.3, 0.4) is 0 Å². The van der Waals surface area contributed by atoms with E-state index in [0.29, 0.717) is 41.3 Å². The molecule has 0 amide bonds. The maximum Gasteiger partial charge on any atom is 0.171 e. The summed E-state index contributed by atoms with van der Waals surface area (Å²) in [4.78, 5) is 13.8. The van der Waals surface area contributed by atoms with Gasteiger partial charge in [-0.1, -0.05) is 103 Å². The number of ether oxygens (including phenoxy) is 1. The Balaban J connectivity index is 1.94. The van der Waals surface area contributed by atoms with Crippen molar-refractivity contribution in [2.45, 2.75) is 24.8 Å². The highest BCUT2D eigenvalue weighted by atomic mass is 35.5. The van der Waals surface area contributed by atoms with Crippen LogP contribution in [0.15, 0.2) is 95.5 Å². The second kappa shape index (κ2) is 12.8. The Labute approximate surface area is 200 Å². The molecule has 0 bridgehead atoms. The number of benzene rings is 2. The van der Waals surface area contributed by atoms with Crippen molar-refractivity contribution >= 4 is 29.0 Å². The van der Waals surface area contributed by atoms with E-state index in [1.807, 2.05) is 66.7 Å². The van der Waals surface area contributed by atoms with Gasteiger partial charge in [-0.25, -0.2) is 0 Å². The lowest BCUT2D eigenvalue weighted by molar-refractivity contribution is 0.0486. The summed E-state index contributed by atoms with van der Waals surface area (Å²) in [5.41, 5.74) is 1.72. The highest BCUT2D eigenvalue weighted by molar-refractivity contribution is 6.43. The summed E-state index contributed by atoms with van der Waals surface area (Å²) in [5, 5.41) is 4.51. The Morgan fingerprint density at radius 2 is 1.66 bits per heavy atom. The molecular formula is C27H29Cl2NO2. The predicted molar refractivity (Wildman–Crippen MR) is 133 cm³/mol. The molecule has 1 aliphatic rings. The predicted octanol–water partition coefficient (Wildman–Crippen LogP) is 6.47. The second-order valence-electron chi connectivity index (χ2n) is 7.80. The third-order valence-corrected chi connectivity index (χ3v) is 6.54. The maximum absolute atomic E-state index is 13.8. The first-order chi connectivity index (χ1) is 15.6. The van der Waals surface area contributed by atoms with Crippen LogP contribution in [0.2, 0.25) is 0 Å². The van der Waals surface area contributed by atoms with Crippen molar-refractivity contribution in [3.05, 3.63) is 107 Å². The first-order valence-corrected chi connectivity index (χ1v) is 11.7. The van der Waals surface area contributed by atoms with Gasteiger partial charge in [0.1, 0.15) is 0 Å². The van der Waals surface area contributed by atoms with Crippen molar-refractivity contribution in [3.8, 4) is 0 Å². The summed E-state index contributed by atoms with van der Waals surface area (Å²) in [6.07, 6.45) is 6.89. The molecule has 5 heteroatoms. The summed E-state index contributed by atoms with van der Waals surface area (Å²) in [7, 11) is 0. The van der Waals surface area contributed by atoms with Crippen LogP contribution in [0, 0.1) is 5.92 Å². The average molecular weight is 470 g/mol. The highest BCUT2D eigenvalue weighted by Gasteiger charge is 2.36. The van der Waals surface area contributed by atoms with E-state index >= 15 is 0 Å². The van der Waals surface area contributed by atoms with Crippen molar-refractivity contribution in [3.63, 3.8) is 0 Å². The van der Waals surface area contributed by atoms with Gasteiger partial charge in [0.25, 0.3) is 0 Å². The Bertz CT molecular complexity index is 935. The summed E-state index contributed by atoms with van der Waals surface area (Å²) in [6.45, 7) is 5.55. The number of allylic oxidation sites excluding steroid dienone is 4. The van der Waals surface area contributed by atoms with Gasteiger partial charge >= 0.3 is 0 Å². The standard InChI is InChI=1S/C27H29Cl2NO2/c1-2-9-23(28)24(29)14-17-30-26(21-15-18-32-19-16-21)25(20-10-5-3-6-11-20)27(31)22-12-7-4-8-13-22/h2-14,21,25-26,30H,1,15-19H2/b23-9+,24-14+. The van der Waals surface area contributed by atoms with Crippen LogP contribution in [-0.2, 0) is 4.74 Å². The van der Waals surface area contributed by atoms with Crippen molar-refractivity contribution in [1.82, 2.24) is 5.32 Å². The minimum atomic E-state index is -0.326. The molecule has 1 N–H and O–H groups in total. The van der Waals surface area contributed by atoms with Gasteiger partial charge < -0.3 is 10.1 Å². The fourth-order valence-corrected chi connectivity index (χ4v) is 4.47. The molecule has 0 spiro atoms. The maximum atomic E-state index is 13.8. The molecule has 1 fully saturated rings. The number of carbonyl (C=O) groups is 1. The number of Topliss-reactive ketones (excluding diaryl/α,β-unsaturated/α-hetero) is 1. The van der Waals surface area contributed by atoms with Crippen LogP contribution >= 0.6 is 23.2 Å². The van der Waals surface area contributed by atoms with Gasteiger partial charge in [0, 0.05) is 31.4 Å². The molecule has 32 heavy (non-hydrogen) atoms. The van der Waals surface area contributed by atoms with Crippen molar-refractivity contribution in [2.75, 3.05) is 19.8 Å². The number of nitrogens with one attached hydrogen (secondary N) is 1. The van der Waals surface area contributed by atoms with Crippen LogP contribution in [-0.4, -0.2) is 31.6 Å². The van der Waals surface area contributed by atoms with Gasteiger partial charge in [0.2, 0.25) is 0 Å². The Morgan fingerprint density at radius 1 is 1.03 bits per heavy atom. The SMILES string of the molecule is C=C/C=C(Cl)\C(Cl)=C/CNC(C1CCOCC1)C(C(=O)c1ccccc1)c1ccccc1. The smallest absolute Gasteiger partial charge is 0.171 e. The van der Waals surface area contributed by atoms with Crippen LogP contribution in [0.4, 0.5) is 0 Å². The molecule has 1 aliphatic heterocycles. The minimum absolute atomic E-state index is 0.0723. The molecule has 1 heterocycles. The molecule has 2 aromatic carbocycles. The van der Waals surface area contributed by atoms with E-state index in [0.717, 1.165) is 18.4 Å². The zero-order valence-electron chi connectivity index (χ0n) is 18.1. The lowest BCUT2D eigenvalue weighted by Gasteiger charge is -2.36. The summed E-state index contributed by atoms with van der Waals surface area (Å²) in [5.74, 6) is 0.0847. The monoisotopic (exact) mass is 469 g/mol. The molecule has 168 valence electrons. The Kier molecular flexibility index (Phi) is 9.76. The van der Waals surface area contributed by atoms with Crippen molar-refractivity contribution in [1.29, 1.82) is 0 Å². The number of halogens is 2. The Morgan fingerprint density at radius 3 is 2.28 bits per heavy atom. The fraction of sp³-hybridized carbons (Fsp3) is 0.296. The lowest BCUT2D eigenvalue weighted by Crippen LogP contribution is -2.46. The van der Waals surface area contributed by atoms with Crippen LogP contribution in [0.25, 0.3) is 0 Å². The van der Waals surface area contributed by atoms with E-state index in [9.17, 15) is 4.79 Å². The third kappa shape index (κ3) is 6.66. The summed E-state index contributed by atoms with van der Waals surface area (Å²) >= 11 is 12.5. The topological polar surface area (TPSA) is 38.3 Å². The Hall–Kier alpha value is -2.17. The lowest BCUT2D eigenvalue weighted by atomic mass is 9.76. The zero-order chi connectivity index (χ0) is 22.8. The fourth-order valence-electron chi connectivity index (χ4n) is 4.16. The molecule has 3 nitrogen and oxygen atoms in total. The summed E-state index contributed by atoms with van der Waals surface area (Å²) < 4.78 is 5.60. The molecule has 2 aromatic rings. The van der Waals surface area contributed by atoms with E-state index in [4.69, 9.17) is 27.9 Å². The molecule has 0 aliphatic carbocycles. The first-order valence-electron chi connectivity index (χ1n) is 10.9. The van der Waals surface area contributed by atoms with Crippen LogP contribution in [0.5, 0.6) is 0 Å². The van der Waals surface area contributed by atoms with E-state index in [1.165, 1.54) is 0 Å². The number of hydrogen-bond donors (Lipinski definition) is 1. The van der Waals surface area contributed by atoms with Gasteiger partial charge in [-0.15, -0.1) is 0 Å². The molecular weight excluding hydrogens is 441 g/mol. The van der Waals surface area contributed by atoms with E-state index in [2.05, 4.69) is 11.9 Å². The average Bonchev–Trinajstić information content (AvgIpc) is 2.85. The van der Waals surface area contributed by atoms with Crippen LogP contribution in [0.1, 0.15) is 34.7 Å². The number of hydrogen-bond acceptors (Lipinski definition) is 3. The van der Waals surface area contributed by atoms with Gasteiger partial charge in [0.05, 0.1) is 16.0 Å². The molecule has 2 atom stereocenters.